The Labute approximate surface area is 190 Å². The van der Waals surface area contributed by atoms with Gasteiger partial charge >= 0.3 is 5.97 Å². The lowest BCUT2D eigenvalue weighted by Gasteiger charge is -2.61. The number of esters is 1. The molecule has 4 fully saturated rings. The fourth-order valence-electron chi connectivity index (χ4n) is 9.34. The van der Waals surface area contributed by atoms with Crippen LogP contribution in [-0.2, 0) is 9.53 Å². The SMILES string of the molecule is COC(=O)CC[C@@H](C)[C@H]1CCC2C3CC[C@@H]4C[C@H](NCCO)CC[C@]4(C)C3CC[C@@]21C. The van der Waals surface area contributed by atoms with Gasteiger partial charge in [-0.25, -0.2) is 0 Å². The van der Waals surface area contributed by atoms with E-state index in [1.54, 1.807) is 0 Å². The van der Waals surface area contributed by atoms with E-state index in [1.807, 2.05) is 0 Å². The van der Waals surface area contributed by atoms with Gasteiger partial charge in [-0.1, -0.05) is 20.8 Å². The molecule has 0 amide bonds. The molecular formula is C27H47NO3. The molecule has 0 aromatic carbocycles. The summed E-state index contributed by atoms with van der Waals surface area (Å²) in [5, 5.41) is 12.8. The standard InChI is InChI=1S/C27H47NO3/c1-18(5-10-25(30)31-4)22-8-9-23-21-7-6-19-17-20(28-15-16-29)11-13-26(19,2)24(21)12-14-27(22,23)3/h18-24,28-29H,5-17H2,1-4H3/t18-,19-,20-,21?,22-,23?,24?,26+,27-/m1/s1. The van der Waals surface area contributed by atoms with Crippen LogP contribution in [0.4, 0.5) is 0 Å². The molecule has 178 valence electrons. The number of aliphatic hydroxyl groups is 1. The summed E-state index contributed by atoms with van der Waals surface area (Å²) in [6.45, 7) is 8.65. The van der Waals surface area contributed by atoms with Gasteiger partial charge in [0.2, 0.25) is 0 Å². The van der Waals surface area contributed by atoms with E-state index in [9.17, 15) is 9.90 Å². The molecule has 4 rings (SSSR count). The van der Waals surface area contributed by atoms with Crippen molar-refractivity contribution in [2.24, 2.45) is 46.3 Å². The van der Waals surface area contributed by atoms with Gasteiger partial charge in [0.25, 0.3) is 0 Å². The summed E-state index contributed by atoms with van der Waals surface area (Å²) in [5.41, 5.74) is 0.996. The number of aliphatic hydroxyl groups excluding tert-OH is 1. The van der Waals surface area contributed by atoms with Gasteiger partial charge in [0.15, 0.2) is 0 Å². The van der Waals surface area contributed by atoms with Crippen LogP contribution in [0, 0.1) is 46.3 Å². The van der Waals surface area contributed by atoms with E-state index in [2.05, 4.69) is 26.1 Å². The fourth-order valence-corrected chi connectivity index (χ4v) is 9.34. The molecule has 0 radical (unpaired) electrons. The first-order chi connectivity index (χ1) is 14.8. The van der Waals surface area contributed by atoms with Crippen LogP contribution in [0.15, 0.2) is 0 Å². The third-order valence-electron chi connectivity index (χ3n) is 11.0. The molecule has 4 saturated carbocycles. The number of carbonyl (C=O) groups is 1. The topological polar surface area (TPSA) is 58.6 Å². The second-order valence-corrected chi connectivity index (χ2v) is 12.1. The van der Waals surface area contributed by atoms with E-state index in [0.29, 0.717) is 29.2 Å². The van der Waals surface area contributed by atoms with E-state index in [0.717, 1.165) is 42.6 Å². The fraction of sp³-hybridized carbons (Fsp3) is 0.963. The lowest BCUT2D eigenvalue weighted by atomic mass is 9.44. The maximum absolute atomic E-state index is 11.7. The van der Waals surface area contributed by atoms with Gasteiger partial charge in [0.05, 0.1) is 13.7 Å². The molecule has 0 bridgehead atoms. The van der Waals surface area contributed by atoms with Crippen molar-refractivity contribution >= 4 is 5.97 Å². The Bertz CT molecular complexity index is 638. The second kappa shape index (κ2) is 9.33. The zero-order valence-electron chi connectivity index (χ0n) is 20.5. The summed E-state index contributed by atoms with van der Waals surface area (Å²) < 4.78 is 4.90. The van der Waals surface area contributed by atoms with Gasteiger partial charge in [-0.2, -0.15) is 0 Å². The second-order valence-electron chi connectivity index (χ2n) is 12.1. The van der Waals surface area contributed by atoms with E-state index in [1.165, 1.54) is 64.9 Å². The monoisotopic (exact) mass is 433 g/mol. The third-order valence-corrected chi connectivity index (χ3v) is 11.0. The highest BCUT2D eigenvalue weighted by molar-refractivity contribution is 5.69. The average molecular weight is 434 g/mol. The summed E-state index contributed by atoms with van der Waals surface area (Å²) in [4.78, 5) is 11.7. The Hall–Kier alpha value is -0.610. The molecule has 4 aliphatic carbocycles. The Morgan fingerprint density at radius 2 is 1.81 bits per heavy atom. The Morgan fingerprint density at radius 1 is 1.06 bits per heavy atom. The molecule has 2 N–H and O–H groups in total. The number of hydrogen-bond donors (Lipinski definition) is 2. The number of methoxy groups -OCH3 is 1. The lowest BCUT2D eigenvalue weighted by molar-refractivity contribution is -0.141. The predicted octanol–water partition coefficient (Wildman–Crippen LogP) is 5.19. The number of hydrogen-bond acceptors (Lipinski definition) is 4. The van der Waals surface area contributed by atoms with E-state index in [-0.39, 0.29) is 12.6 Å². The van der Waals surface area contributed by atoms with Crippen LogP contribution in [0.5, 0.6) is 0 Å². The summed E-state index contributed by atoms with van der Waals surface area (Å²) in [5.74, 6) is 4.91. The molecule has 0 aliphatic heterocycles. The van der Waals surface area contributed by atoms with Crippen LogP contribution in [0.2, 0.25) is 0 Å². The van der Waals surface area contributed by atoms with Gasteiger partial charge in [-0.05, 0) is 111 Å². The molecule has 9 atom stereocenters. The van der Waals surface area contributed by atoms with Crippen molar-refractivity contribution in [2.75, 3.05) is 20.3 Å². The van der Waals surface area contributed by atoms with Crippen molar-refractivity contribution in [1.29, 1.82) is 0 Å². The summed E-state index contributed by atoms with van der Waals surface area (Å²) >= 11 is 0. The number of fused-ring (bicyclic) bond motifs is 5. The Kier molecular flexibility index (Phi) is 7.09. The predicted molar refractivity (Wildman–Crippen MR) is 125 cm³/mol. The molecule has 3 unspecified atom stereocenters. The summed E-state index contributed by atoms with van der Waals surface area (Å²) in [6.07, 6.45) is 13.9. The highest BCUT2D eigenvalue weighted by atomic mass is 16.5. The van der Waals surface area contributed by atoms with Gasteiger partial charge in [0, 0.05) is 19.0 Å². The molecule has 4 aliphatic rings. The number of nitrogens with one attached hydrogen (secondary N) is 1. The van der Waals surface area contributed by atoms with Gasteiger partial charge in [-0.3, -0.25) is 4.79 Å². The molecule has 0 aromatic rings. The first-order valence-corrected chi connectivity index (χ1v) is 13.2. The number of carbonyl (C=O) groups excluding carboxylic acids is 1. The third kappa shape index (κ3) is 4.21. The highest BCUT2D eigenvalue weighted by Crippen LogP contribution is 2.68. The summed E-state index contributed by atoms with van der Waals surface area (Å²) in [7, 11) is 1.51. The number of ether oxygens (including phenoxy) is 1. The van der Waals surface area contributed by atoms with E-state index < -0.39 is 0 Å². The minimum atomic E-state index is -0.0504. The molecule has 0 spiro atoms. The van der Waals surface area contributed by atoms with Crippen LogP contribution in [-0.4, -0.2) is 37.4 Å². The van der Waals surface area contributed by atoms with Crippen LogP contribution in [0.25, 0.3) is 0 Å². The maximum atomic E-state index is 11.7. The molecule has 0 aromatic heterocycles. The van der Waals surface area contributed by atoms with Crippen molar-refractivity contribution in [3.05, 3.63) is 0 Å². The van der Waals surface area contributed by atoms with Crippen LogP contribution in [0.3, 0.4) is 0 Å². The van der Waals surface area contributed by atoms with Crippen molar-refractivity contribution in [3.8, 4) is 0 Å². The molecule has 0 saturated heterocycles. The largest absolute Gasteiger partial charge is 0.469 e. The zero-order chi connectivity index (χ0) is 22.2. The molecule has 4 nitrogen and oxygen atoms in total. The Balaban J connectivity index is 1.43. The van der Waals surface area contributed by atoms with Crippen LogP contribution in [0.1, 0.15) is 91.4 Å². The van der Waals surface area contributed by atoms with Gasteiger partial charge in [0.1, 0.15) is 0 Å². The molecule has 31 heavy (non-hydrogen) atoms. The number of rotatable bonds is 7. The quantitative estimate of drug-likeness (QED) is 0.543. The minimum Gasteiger partial charge on any atom is -0.469 e. The van der Waals surface area contributed by atoms with Crippen molar-refractivity contribution in [3.63, 3.8) is 0 Å². The van der Waals surface area contributed by atoms with Gasteiger partial charge in [-0.15, -0.1) is 0 Å². The highest BCUT2D eigenvalue weighted by Gasteiger charge is 2.60. The Morgan fingerprint density at radius 3 is 2.55 bits per heavy atom. The molecule has 4 heteroatoms. The lowest BCUT2D eigenvalue weighted by Crippen LogP contribution is -2.55. The molecular weight excluding hydrogens is 386 g/mol. The smallest absolute Gasteiger partial charge is 0.305 e. The van der Waals surface area contributed by atoms with Gasteiger partial charge < -0.3 is 15.2 Å². The normalized spacial score (nSPS) is 45.3. The van der Waals surface area contributed by atoms with E-state index >= 15 is 0 Å². The summed E-state index contributed by atoms with van der Waals surface area (Å²) in [6, 6.07) is 0.613. The van der Waals surface area contributed by atoms with Crippen molar-refractivity contribution < 1.29 is 14.6 Å². The van der Waals surface area contributed by atoms with Crippen LogP contribution >= 0.6 is 0 Å². The first-order valence-electron chi connectivity index (χ1n) is 13.2. The average Bonchev–Trinajstić information content (AvgIpc) is 3.13. The van der Waals surface area contributed by atoms with Crippen molar-refractivity contribution in [2.45, 2.75) is 97.4 Å². The first kappa shape index (κ1) is 23.5. The zero-order valence-corrected chi connectivity index (χ0v) is 20.5. The van der Waals surface area contributed by atoms with E-state index in [4.69, 9.17) is 4.74 Å². The minimum absolute atomic E-state index is 0.0504. The maximum Gasteiger partial charge on any atom is 0.305 e. The van der Waals surface area contributed by atoms with Crippen molar-refractivity contribution in [1.82, 2.24) is 5.32 Å². The van der Waals surface area contributed by atoms with Crippen LogP contribution < -0.4 is 5.32 Å². The molecule has 0 heterocycles.